The van der Waals surface area contributed by atoms with E-state index in [2.05, 4.69) is 20.5 Å². The van der Waals surface area contributed by atoms with Gasteiger partial charge in [0, 0.05) is 33.7 Å². The van der Waals surface area contributed by atoms with Gasteiger partial charge in [0.15, 0.2) is 5.96 Å². The fraction of sp³-hybridized carbons (Fsp3) is 0.667. The molecule has 1 fully saturated rings. The van der Waals surface area contributed by atoms with Crippen LogP contribution in [0.5, 0.6) is 5.75 Å². The maximum atomic E-state index is 12.3. The number of nitrogens with zero attached hydrogens (tertiary/aromatic N) is 3. The van der Waals surface area contributed by atoms with Crippen LogP contribution in [0.2, 0.25) is 0 Å². The summed E-state index contributed by atoms with van der Waals surface area (Å²) in [6.07, 6.45) is 2.37. The van der Waals surface area contributed by atoms with E-state index in [9.17, 15) is 9.90 Å². The molecule has 8 nitrogen and oxygen atoms in total. The van der Waals surface area contributed by atoms with Crippen LogP contribution in [0.3, 0.4) is 0 Å². The van der Waals surface area contributed by atoms with Crippen molar-refractivity contribution in [1.29, 1.82) is 0 Å². The molecule has 0 bridgehead atoms. The summed E-state index contributed by atoms with van der Waals surface area (Å²) in [4.78, 5) is 20.8. The molecule has 0 aromatic heterocycles. The van der Waals surface area contributed by atoms with Crippen molar-refractivity contribution in [3.05, 3.63) is 29.8 Å². The molecule has 0 aliphatic carbocycles. The van der Waals surface area contributed by atoms with E-state index in [-0.39, 0.29) is 48.6 Å². The number of likely N-dealkylation sites (N-methyl/N-ethyl adjacent to an activating group) is 1. The number of aliphatic hydroxyl groups excluding tert-OH is 1. The molecule has 2 unspecified atom stereocenters. The molecule has 0 saturated carbocycles. The van der Waals surface area contributed by atoms with Crippen LogP contribution < -0.4 is 15.4 Å². The number of hydrogen-bond acceptors (Lipinski definition) is 5. The van der Waals surface area contributed by atoms with Gasteiger partial charge in [-0.2, -0.15) is 0 Å². The van der Waals surface area contributed by atoms with Gasteiger partial charge >= 0.3 is 0 Å². The van der Waals surface area contributed by atoms with Crippen molar-refractivity contribution in [3.63, 3.8) is 0 Å². The molecule has 0 radical (unpaired) electrons. The SMILES string of the molecule is CCNC(=NCC(O)c1ccc(OC(C)C)cc1)NCCCN1CCCC1C(=O)N(C)C.I. The lowest BCUT2D eigenvalue weighted by atomic mass is 10.1. The fourth-order valence-corrected chi connectivity index (χ4v) is 3.83. The number of guanidine groups is 1. The molecule has 1 aromatic rings. The first kappa shape index (κ1) is 29.4. The van der Waals surface area contributed by atoms with Gasteiger partial charge in [0.1, 0.15) is 5.75 Å². The zero-order valence-corrected chi connectivity index (χ0v) is 23.0. The highest BCUT2D eigenvalue weighted by atomic mass is 127. The Morgan fingerprint density at radius 3 is 2.58 bits per heavy atom. The van der Waals surface area contributed by atoms with Gasteiger partial charge in [0.05, 0.1) is 24.8 Å². The van der Waals surface area contributed by atoms with Gasteiger partial charge in [-0.1, -0.05) is 12.1 Å². The average Bonchev–Trinajstić information content (AvgIpc) is 3.22. The highest BCUT2D eigenvalue weighted by Crippen LogP contribution is 2.20. The van der Waals surface area contributed by atoms with Crippen molar-refractivity contribution in [1.82, 2.24) is 20.4 Å². The van der Waals surface area contributed by atoms with Crippen LogP contribution in [0, 0.1) is 0 Å². The van der Waals surface area contributed by atoms with Gasteiger partial charge in [-0.15, -0.1) is 24.0 Å². The molecule has 2 atom stereocenters. The fourth-order valence-electron chi connectivity index (χ4n) is 3.83. The third-order valence-corrected chi connectivity index (χ3v) is 5.41. The number of ether oxygens (including phenoxy) is 1. The number of nitrogens with one attached hydrogen (secondary N) is 2. The van der Waals surface area contributed by atoms with Gasteiger partial charge in [-0.25, -0.2) is 0 Å². The smallest absolute Gasteiger partial charge is 0.239 e. The molecular formula is C24H42IN5O3. The van der Waals surface area contributed by atoms with Crippen LogP contribution in [-0.4, -0.2) is 85.7 Å². The molecule has 2 rings (SSSR count). The number of aliphatic hydroxyl groups is 1. The predicted molar refractivity (Wildman–Crippen MR) is 144 cm³/mol. The first-order valence-corrected chi connectivity index (χ1v) is 11.7. The Bertz CT molecular complexity index is 727. The van der Waals surface area contributed by atoms with Crippen LogP contribution in [0.25, 0.3) is 0 Å². The number of aliphatic imine (C=N–C) groups is 1. The zero-order chi connectivity index (χ0) is 23.5. The number of carbonyl (C=O) groups excluding carboxylic acids is 1. The topological polar surface area (TPSA) is 89.4 Å². The minimum absolute atomic E-state index is 0. The number of rotatable bonds is 11. The molecule has 3 N–H and O–H groups in total. The second kappa shape index (κ2) is 15.3. The molecule has 9 heteroatoms. The highest BCUT2D eigenvalue weighted by Gasteiger charge is 2.30. The van der Waals surface area contributed by atoms with Crippen molar-refractivity contribution in [2.75, 3.05) is 46.8 Å². The van der Waals surface area contributed by atoms with Gasteiger partial charge < -0.3 is 25.4 Å². The largest absolute Gasteiger partial charge is 0.491 e. The van der Waals surface area contributed by atoms with Gasteiger partial charge in [0.2, 0.25) is 5.91 Å². The van der Waals surface area contributed by atoms with Crippen molar-refractivity contribution in [2.45, 2.75) is 58.3 Å². The summed E-state index contributed by atoms with van der Waals surface area (Å²) >= 11 is 0. The second-order valence-corrected chi connectivity index (χ2v) is 8.68. The first-order valence-electron chi connectivity index (χ1n) is 11.7. The van der Waals surface area contributed by atoms with E-state index < -0.39 is 6.10 Å². The van der Waals surface area contributed by atoms with E-state index in [0.29, 0.717) is 5.96 Å². The Morgan fingerprint density at radius 1 is 1.27 bits per heavy atom. The molecule has 1 aliphatic heterocycles. The maximum Gasteiger partial charge on any atom is 0.239 e. The monoisotopic (exact) mass is 575 g/mol. The molecule has 1 amide bonds. The average molecular weight is 576 g/mol. The van der Waals surface area contributed by atoms with Crippen molar-refractivity contribution in [2.24, 2.45) is 4.99 Å². The van der Waals surface area contributed by atoms with Crippen molar-refractivity contribution in [3.8, 4) is 5.75 Å². The van der Waals surface area contributed by atoms with Crippen molar-refractivity contribution < 1.29 is 14.6 Å². The van der Waals surface area contributed by atoms with E-state index in [4.69, 9.17) is 4.74 Å². The summed E-state index contributed by atoms with van der Waals surface area (Å²) in [5, 5.41) is 17.1. The number of benzene rings is 1. The van der Waals surface area contributed by atoms with E-state index in [0.717, 1.165) is 56.8 Å². The lowest BCUT2D eigenvalue weighted by Crippen LogP contribution is -2.44. The molecule has 0 spiro atoms. The third kappa shape index (κ3) is 10.1. The summed E-state index contributed by atoms with van der Waals surface area (Å²) < 4.78 is 5.65. The van der Waals surface area contributed by atoms with Gasteiger partial charge in [-0.05, 0) is 64.3 Å². The van der Waals surface area contributed by atoms with E-state index in [1.807, 2.05) is 59.1 Å². The van der Waals surface area contributed by atoms with E-state index >= 15 is 0 Å². The minimum Gasteiger partial charge on any atom is -0.491 e. The Kier molecular flexibility index (Phi) is 13.7. The lowest BCUT2D eigenvalue weighted by molar-refractivity contribution is -0.133. The summed E-state index contributed by atoms with van der Waals surface area (Å²) in [7, 11) is 3.64. The molecule has 188 valence electrons. The maximum absolute atomic E-state index is 12.3. The Labute approximate surface area is 216 Å². The third-order valence-electron chi connectivity index (χ3n) is 5.41. The molecule has 1 saturated heterocycles. The minimum atomic E-state index is -0.680. The summed E-state index contributed by atoms with van der Waals surface area (Å²) in [6, 6.07) is 7.51. The number of hydrogen-bond donors (Lipinski definition) is 3. The standard InChI is InChI=1S/C24H41N5O3.HI/c1-6-25-24(26-14-8-16-29-15-7-9-21(29)23(31)28(4)5)27-17-22(30)19-10-12-20(13-11-19)32-18(2)3;/h10-13,18,21-22,30H,6-9,14-17H2,1-5H3,(H2,25,26,27);1H. The van der Waals surface area contributed by atoms with Gasteiger partial charge in [0.25, 0.3) is 0 Å². The van der Waals surface area contributed by atoms with Crippen LogP contribution in [0.1, 0.15) is 51.7 Å². The first-order chi connectivity index (χ1) is 15.3. The van der Waals surface area contributed by atoms with E-state index in [1.54, 1.807) is 4.90 Å². The Hall–Kier alpha value is -1.59. The zero-order valence-electron chi connectivity index (χ0n) is 20.7. The van der Waals surface area contributed by atoms with Gasteiger partial charge in [-0.3, -0.25) is 14.7 Å². The highest BCUT2D eigenvalue weighted by molar-refractivity contribution is 14.0. The summed E-state index contributed by atoms with van der Waals surface area (Å²) in [5.41, 5.74) is 0.811. The summed E-state index contributed by atoms with van der Waals surface area (Å²) in [5.74, 6) is 1.68. The quantitative estimate of drug-likeness (QED) is 0.163. The molecule has 1 aromatic carbocycles. The van der Waals surface area contributed by atoms with Crippen LogP contribution >= 0.6 is 24.0 Å². The predicted octanol–water partition coefficient (Wildman–Crippen LogP) is 2.62. The molecule has 1 heterocycles. The second-order valence-electron chi connectivity index (χ2n) is 8.68. The Morgan fingerprint density at radius 2 is 1.97 bits per heavy atom. The molecule has 33 heavy (non-hydrogen) atoms. The van der Waals surface area contributed by atoms with Crippen LogP contribution in [-0.2, 0) is 4.79 Å². The normalized spacial score (nSPS) is 17.4. The molecular weight excluding hydrogens is 533 g/mol. The number of carbonyl (C=O) groups is 1. The van der Waals surface area contributed by atoms with Crippen LogP contribution in [0.4, 0.5) is 0 Å². The molecule has 1 aliphatic rings. The Balaban J connectivity index is 0.00000544. The number of halogens is 1. The number of amides is 1. The van der Waals surface area contributed by atoms with Crippen molar-refractivity contribution >= 4 is 35.8 Å². The number of likely N-dealkylation sites (tertiary alicyclic amines) is 1. The summed E-state index contributed by atoms with van der Waals surface area (Å²) in [6.45, 7) is 9.61. The van der Waals surface area contributed by atoms with Crippen LogP contribution in [0.15, 0.2) is 29.3 Å². The van der Waals surface area contributed by atoms with E-state index in [1.165, 1.54) is 0 Å². The lowest BCUT2D eigenvalue weighted by Gasteiger charge is -2.26.